The molecule has 0 aromatic heterocycles. The van der Waals surface area contributed by atoms with Gasteiger partial charge in [-0.25, -0.2) is 0 Å². The van der Waals surface area contributed by atoms with Gasteiger partial charge in [0.05, 0.1) is 0 Å². The molecule has 0 saturated heterocycles. The van der Waals surface area contributed by atoms with Gasteiger partial charge in [-0.05, 0) is 5.92 Å². The average Bonchev–Trinajstić information content (AvgIpc) is 1.82. The Morgan fingerprint density at radius 3 is 2.10 bits per heavy atom. The summed E-state index contributed by atoms with van der Waals surface area (Å²) in [6.07, 6.45) is 3.29. The van der Waals surface area contributed by atoms with Crippen LogP contribution in [0.25, 0.3) is 0 Å². The van der Waals surface area contributed by atoms with Gasteiger partial charge in [-0.1, -0.05) is 19.8 Å². The smallest absolute Gasteiger partial charge is 0.542 e. The standard InChI is InChI=1S/C8H14O.U/c1-4-8(5-6-9)7(2)3;/h7-8H,1,4-5H2,2-3H3;/q-2;+2. The molecule has 0 aromatic carbocycles. The van der Waals surface area contributed by atoms with Crippen LogP contribution in [-0.2, 0) is 4.79 Å². The summed E-state index contributed by atoms with van der Waals surface area (Å²) in [6.45, 7) is 7.96. The average molecular weight is 364 g/mol. The van der Waals surface area contributed by atoms with Crippen molar-refractivity contribution in [2.24, 2.45) is 11.8 Å². The van der Waals surface area contributed by atoms with E-state index in [4.69, 9.17) is 0 Å². The van der Waals surface area contributed by atoms with E-state index in [0.29, 0.717) is 18.3 Å². The maximum Gasteiger partial charge on any atom is 2.00 e. The van der Waals surface area contributed by atoms with E-state index in [2.05, 4.69) is 20.8 Å². The zero-order valence-corrected chi connectivity index (χ0v) is 10.8. The van der Waals surface area contributed by atoms with Gasteiger partial charge in [-0.15, -0.1) is 0 Å². The first-order valence-corrected chi connectivity index (χ1v) is 3.36. The molecule has 0 spiro atoms. The summed E-state index contributed by atoms with van der Waals surface area (Å²) in [5, 5.41) is 0. The van der Waals surface area contributed by atoms with Crippen LogP contribution in [0.4, 0.5) is 0 Å². The molecule has 0 rings (SSSR count). The van der Waals surface area contributed by atoms with Crippen LogP contribution in [-0.4, -0.2) is 6.29 Å². The van der Waals surface area contributed by atoms with Gasteiger partial charge in [0, 0.05) is 0 Å². The van der Waals surface area contributed by atoms with Gasteiger partial charge in [0.1, 0.15) is 0 Å². The van der Waals surface area contributed by atoms with E-state index in [-0.39, 0.29) is 31.1 Å². The van der Waals surface area contributed by atoms with Crippen LogP contribution in [0.1, 0.15) is 26.7 Å². The maximum absolute atomic E-state index is 9.93. The van der Waals surface area contributed by atoms with Crippen molar-refractivity contribution in [3.63, 3.8) is 0 Å². The minimum absolute atomic E-state index is 0. The van der Waals surface area contributed by atoms with Crippen LogP contribution >= 0.6 is 0 Å². The molecule has 10 heavy (non-hydrogen) atoms. The monoisotopic (exact) mass is 364 g/mol. The van der Waals surface area contributed by atoms with Crippen LogP contribution in [0.2, 0.25) is 0 Å². The molecule has 0 bridgehead atoms. The molecule has 0 fully saturated rings. The topological polar surface area (TPSA) is 17.1 Å². The third-order valence-corrected chi connectivity index (χ3v) is 1.66. The molecular formula is C8H14OU. The van der Waals surface area contributed by atoms with E-state index < -0.39 is 0 Å². The molecule has 0 aliphatic heterocycles. The van der Waals surface area contributed by atoms with E-state index in [1.165, 1.54) is 0 Å². The zero-order valence-electron chi connectivity index (χ0n) is 6.68. The van der Waals surface area contributed by atoms with Gasteiger partial charge in [-0.2, -0.15) is 12.8 Å². The van der Waals surface area contributed by atoms with E-state index >= 15 is 0 Å². The fourth-order valence-electron chi connectivity index (χ4n) is 0.778. The Morgan fingerprint density at radius 1 is 1.50 bits per heavy atom. The normalized spacial score (nSPS) is 12.4. The molecular weight excluding hydrogens is 350 g/mol. The van der Waals surface area contributed by atoms with E-state index in [1.807, 2.05) is 6.29 Å². The third-order valence-electron chi connectivity index (χ3n) is 1.66. The Balaban J connectivity index is 0. The Hall–Kier alpha value is 0.722. The summed E-state index contributed by atoms with van der Waals surface area (Å²) < 4.78 is 0. The molecule has 0 heterocycles. The van der Waals surface area contributed by atoms with Crippen molar-refractivity contribution in [1.29, 1.82) is 0 Å². The number of carbonyl (C=O) groups excluding carboxylic acids is 1. The van der Waals surface area contributed by atoms with Crippen molar-refractivity contribution in [2.75, 3.05) is 0 Å². The second-order valence-corrected chi connectivity index (χ2v) is 2.64. The molecule has 0 aliphatic rings. The number of rotatable bonds is 4. The minimum Gasteiger partial charge on any atom is -0.542 e. The van der Waals surface area contributed by atoms with Crippen molar-refractivity contribution in [3.8, 4) is 0 Å². The summed E-state index contributed by atoms with van der Waals surface area (Å²) in [5.41, 5.74) is 0. The van der Waals surface area contributed by atoms with Gasteiger partial charge >= 0.3 is 31.1 Å². The minimum atomic E-state index is 0. The molecule has 1 atom stereocenters. The van der Waals surface area contributed by atoms with Crippen molar-refractivity contribution in [3.05, 3.63) is 6.92 Å². The third kappa shape index (κ3) is 5.50. The molecule has 56 valence electrons. The van der Waals surface area contributed by atoms with Crippen LogP contribution in [0.5, 0.6) is 0 Å². The van der Waals surface area contributed by atoms with E-state index in [9.17, 15) is 4.79 Å². The molecule has 2 heteroatoms. The summed E-state index contributed by atoms with van der Waals surface area (Å²) in [6, 6.07) is 0. The predicted molar refractivity (Wildman–Crippen MR) is 38.6 cm³/mol. The molecule has 1 unspecified atom stereocenters. The fourth-order valence-corrected chi connectivity index (χ4v) is 0.778. The first kappa shape index (κ1) is 13.3. The van der Waals surface area contributed by atoms with Crippen molar-refractivity contribution in [1.82, 2.24) is 0 Å². The second-order valence-electron chi connectivity index (χ2n) is 2.64. The van der Waals surface area contributed by atoms with Crippen molar-refractivity contribution in [2.45, 2.75) is 26.7 Å². The van der Waals surface area contributed by atoms with Crippen LogP contribution in [0, 0.1) is 49.9 Å². The number of hydrogen-bond donors (Lipinski definition) is 0. The van der Waals surface area contributed by atoms with Gasteiger partial charge in [0.2, 0.25) is 0 Å². The summed E-state index contributed by atoms with van der Waals surface area (Å²) in [7, 11) is 0. The van der Waals surface area contributed by atoms with Gasteiger partial charge in [0.25, 0.3) is 0 Å². The molecule has 1 nitrogen and oxygen atoms in total. The van der Waals surface area contributed by atoms with Crippen LogP contribution in [0.3, 0.4) is 0 Å². The van der Waals surface area contributed by atoms with Crippen LogP contribution in [0.15, 0.2) is 0 Å². The molecule has 0 N–H and O–H groups in total. The van der Waals surface area contributed by atoms with Crippen molar-refractivity contribution >= 4 is 6.29 Å². The summed E-state index contributed by atoms with van der Waals surface area (Å²) >= 11 is 0. The second kappa shape index (κ2) is 7.82. The van der Waals surface area contributed by atoms with Gasteiger partial charge in [-0.3, -0.25) is 6.29 Å². The first-order valence-electron chi connectivity index (χ1n) is 3.36. The number of hydrogen-bond acceptors (Lipinski definition) is 1. The van der Waals surface area contributed by atoms with E-state index in [0.717, 1.165) is 6.42 Å². The Labute approximate surface area is 87.3 Å². The predicted octanol–water partition coefficient (Wildman–Crippen LogP) is 1.98. The quantitative estimate of drug-likeness (QED) is 0.698. The van der Waals surface area contributed by atoms with Crippen molar-refractivity contribution < 1.29 is 35.9 Å². The molecule has 0 saturated carbocycles. The Kier molecular flexibility index (Phi) is 10.4. The van der Waals surface area contributed by atoms with Crippen LogP contribution < -0.4 is 0 Å². The Morgan fingerprint density at radius 2 is 2.00 bits per heavy atom. The Bertz CT molecular complexity index is 81.3. The molecule has 0 amide bonds. The van der Waals surface area contributed by atoms with Gasteiger partial charge < -0.3 is 11.7 Å². The maximum atomic E-state index is 9.93. The summed E-state index contributed by atoms with van der Waals surface area (Å²) in [4.78, 5) is 9.93. The molecule has 0 aromatic rings. The van der Waals surface area contributed by atoms with Gasteiger partial charge in [0.15, 0.2) is 0 Å². The molecule has 0 radical (unpaired) electrons. The molecule has 0 aliphatic carbocycles. The van der Waals surface area contributed by atoms with E-state index in [1.54, 1.807) is 0 Å². The fraction of sp³-hybridized carbons (Fsp3) is 0.750. The zero-order chi connectivity index (χ0) is 7.28. The summed E-state index contributed by atoms with van der Waals surface area (Å²) in [5.74, 6) is 0.992. The SMILES string of the molecule is [CH2-]CC(C[C-]=O)C(C)C.[U+2]. The first-order chi connectivity index (χ1) is 4.22. The largest absolute Gasteiger partial charge is 2.00 e.